The van der Waals surface area contributed by atoms with Gasteiger partial charge in [0.1, 0.15) is 5.70 Å². The molecular weight excluding hydrogens is 334 g/mol. The van der Waals surface area contributed by atoms with Gasteiger partial charge in [-0.2, -0.15) is 0 Å². The zero-order chi connectivity index (χ0) is 18.5. The number of carbonyl (C=O) groups is 3. The number of imide groups is 1. The minimum Gasteiger partial charge on any atom is -0.395 e. The van der Waals surface area contributed by atoms with Gasteiger partial charge in [-0.15, -0.1) is 0 Å². The summed E-state index contributed by atoms with van der Waals surface area (Å²) in [7, 11) is 0. The largest absolute Gasteiger partial charge is 0.395 e. The number of para-hydroxylation sites is 1. The van der Waals surface area contributed by atoms with Crippen molar-refractivity contribution in [3.63, 3.8) is 0 Å². The third-order valence-corrected chi connectivity index (χ3v) is 4.65. The Balaban J connectivity index is 1.79. The van der Waals surface area contributed by atoms with Crippen LogP contribution < -0.4 is 5.32 Å². The lowest BCUT2D eigenvalue weighted by molar-refractivity contribution is -0.137. The second kappa shape index (κ2) is 8.14. The van der Waals surface area contributed by atoms with Gasteiger partial charge in [0, 0.05) is 19.2 Å². The van der Waals surface area contributed by atoms with Crippen LogP contribution in [0.15, 0.2) is 36.0 Å². The van der Waals surface area contributed by atoms with E-state index in [4.69, 9.17) is 5.11 Å². The van der Waals surface area contributed by atoms with E-state index >= 15 is 0 Å². The highest BCUT2D eigenvalue weighted by Crippen LogP contribution is 2.23. The van der Waals surface area contributed by atoms with Gasteiger partial charge in [-0.3, -0.25) is 19.3 Å². The number of aliphatic hydroxyl groups is 1. The van der Waals surface area contributed by atoms with Gasteiger partial charge in [0.15, 0.2) is 0 Å². The van der Waals surface area contributed by atoms with E-state index in [1.165, 1.54) is 6.08 Å². The predicted molar refractivity (Wildman–Crippen MR) is 96.3 cm³/mol. The van der Waals surface area contributed by atoms with Crippen molar-refractivity contribution in [3.8, 4) is 0 Å². The van der Waals surface area contributed by atoms with Crippen LogP contribution in [0.25, 0.3) is 0 Å². The van der Waals surface area contributed by atoms with Crippen LogP contribution in [0.1, 0.15) is 36.0 Å². The van der Waals surface area contributed by atoms with Gasteiger partial charge in [0.05, 0.1) is 24.4 Å². The number of nitrogens with one attached hydrogen (secondary N) is 1. The first kappa shape index (κ1) is 18.1. The van der Waals surface area contributed by atoms with E-state index in [1.54, 1.807) is 24.3 Å². The summed E-state index contributed by atoms with van der Waals surface area (Å²) in [6.07, 6.45) is 5.46. The summed E-state index contributed by atoms with van der Waals surface area (Å²) in [5, 5.41) is 11.9. The fourth-order valence-corrected chi connectivity index (χ4v) is 3.28. The Bertz CT molecular complexity index is 736. The first-order valence-electron chi connectivity index (χ1n) is 8.95. The molecule has 138 valence electrons. The van der Waals surface area contributed by atoms with Gasteiger partial charge in [-0.05, 0) is 25.0 Å². The highest BCUT2D eigenvalue weighted by molar-refractivity contribution is 6.17. The minimum atomic E-state index is -0.499. The number of hydrogen-bond donors (Lipinski definition) is 2. The van der Waals surface area contributed by atoms with Crippen molar-refractivity contribution in [1.29, 1.82) is 0 Å². The summed E-state index contributed by atoms with van der Waals surface area (Å²) in [6.45, 7) is 1.13. The van der Waals surface area contributed by atoms with Crippen molar-refractivity contribution in [2.45, 2.75) is 25.7 Å². The standard InChI is InChI=1S/C19H23N3O4/c23-12-11-22-17(24)13-16(19(22)26)20-15-8-4-3-7-14(15)18(25)21-9-5-1-2-6-10-21/h3-4,7-8,13,20,23H,1-2,5-6,9-12H2. The molecule has 0 aliphatic carbocycles. The monoisotopic (exact) mass is 357 g/mol. The molecule has 3 rings (SSSR count). The number of β-amino-alcohol motifs (C(OH)–C–C–N with tert-alkyl or cyclic N) is 1. The molecule has 2 N–H and O–H groups in total. The van der Waals surface area contributed by atoms with Gasteiger partial charge < -0.3 is 15.3 Å². The summed E-state index contributed by atoms with van der Waals surface area (Å²) in [5.74, 6) is -1.04. The van der Waals surface area contributed by atoms with Crippen molar-refractivity contribution in [2.24, 2.45) is 0 Å². The Morgan fingerprint density at radius 3 is 2.46 bits per heavy atom. The van der Waals surface area contributed by atoms with Crippen LogP contribution in [-0.2, 0) is 9.59 Å². The zero-order valence-corrected chi connectivity index (χ0v) is 14.6. The number of aliphatic hydroxyl groups excluding tert-OH is 1. The highest BCUT2D eigenvalue weighted by atomic mass is 16.3. The number of rotatable bonds is 5. The second-order valence-electron chi connectivity index (χ2n) is 6.45. The Labute approximate surface area is 152 Å². The molecular formula is C19H23N3O4. The summed E-state index contributed by atoms with van der Waals surface area (Å²) >= 11 is 0. The molecule has 1 aromatic carbocycles. The quantitative estimate of drug-likeness (QED) is 0.777. The van der Waals surface area contributed by atoms with E-state index in [0.29, 0.717) is 11.3 Å². The molecule has 2 aliphatic heterocycles. The molecule has 0 unspecified atom stereocenters. The van der Waals surface area contributed by atoms with Crippen LogP contribution in [0.4, 0.5) is 5.69 Å². The van der Waals surface area contributed by atoms with E-state index in [-0.39, 0.29) is 24.8 Å². The van der Waals surface area contributed by atoms with Crippen molar-refractivity contribution in [2.75, 3.05) is 31.6 Å². The molecule has 26 heavy (non-hydrogen) atoms. The molecule has 1 fully saturated rings. The number of anilines is 1. The van der Waals surface area contributed by atoms with E-state index in [0.717, 1.165) is 43.7 Å². The molecule has 7 nitrogen and oxygen atoms in total. The lowest BCUT2D eigenvalue weighted by atomic mass is 10.1. The van der Waals surface area contributed by atoms with Crippen LogP contribution in [0, 0.1) is 0 Å². The average Bonchev–Trinajstić information content (AvgIpc) is 2.86. The molecule has 2 heterocycles. The van der Waals surface area contributed by atoms with Crippen LogP contribution in [-0.4, -0.2) is 58.9 Å². The zero-order valence-electron chi connectivity index (χ0n) is 14.6. The van der Waals surface area contributed by atoms with E-state index in [1.807, 2.05) is 4.90 Å². The van der Waals surface area contributed by atoms with Gasteiger partial charge in [-0.25, -0.2) is 0 Å². The Morgan fingerprint density at radius 2 is 1.77 bits per heavy atom. The number of nitrogens with zero attached hydrogens (tertiary/aromatic N) is 2. The van der Waals surface area contributed by atoms with Gasteiger partial charge in [-0.1, -0.05) is 25.0 Å². The Hall–Kier alpha value is -2.67. The molecule has 0 atom stereocenters. The summed E-state index contributed by atoms with van der Waals surface area (Å²) in [5.41, 5.74) is 1.09. The smallest absolute Gasteiger partial charge is 0.277 e. The highest BCUT2D eigenvalue weighted by Gasteiger charge is 2.31. The molecule has 0 bridgehead atoms. The number of benzene rings is 1. The fourth-order valence-electron chi connectivity index (χ4n) is 3.28. The van der Waals surface area contributed by atoms with Crippen molar-refractivity contribution in [3.05, 3.63) is 41.6 Å². The Kier molecular flexibility index (Phi) is 5.68. The molecule has 0 radical (unpaired) electrons. The van der Waals surface area contributed by atoms with E-state index in [9.17, 15) is 14.4 Å². The number of likely N-dealkylation sites (tertiary alicyclic amines) is 1. The summed E-state index contributed by atoms with van der Waals surface area (Å²) in [6, 6.07) is 7.00. The maximum atomic E-state index is 12.9. The topological polar surface area (TPSA) is 90.0 Å². The van der Waals surface area contributed by atoms with Crippen LogP contribution >= 0.6 is 0 Å². The van der Waals surface area contributed by atoms with E-state index < -0.39 is 11.8 Å². The predicted octanol–water partition coefficient (Wildman–Crippen LogP) is 1.36. The molecule has 2 aliphatic rings. The minimum absolute atomic E-state index is 0.0479. The van der Waals surface area contributed by atoms with Crippen molar-refractivity contribution < 1.29 is 19.5 Å². The second-order valence-corrected chi connectivity index (χ2v) is 6.45. The van der Waals surface area contributed by atoms with Gasteiger partial charge in [0.25, 0.3) is 17.7 Å². The number of carbonyl (C=O) groups excluding carboxylic acids is 3. The van der Waals surface area contributed by atoms with Gasteiger partial charge in [0.2, 0.25) is 0 Å². The maximum Gasteiger partial charge on any atom is 0.277 e. The normalized spacial score (nSPS) is 18.0. The fraction of sp³-hybridized carbons (Fsp3) is 0.421. The van der Waals surface area contributed by atoms with Crippen molar-refractivity contribution >= 4 is 23.4 Å². The van der Waals surface area contributed by atoms with E-state index in [2.05, 4.69) is 5.32 Å². The molecule has 0 spiro atoms. The molecule has 1 aromatic rings. The Morgan fingerprint density at radius 1 is 1.08 bits per heavy atom. The van der Waals surface area contributed by atoms with Gasteiger partial charge >= 0.3 is 0 Å². The molecule has 1 saturated heterocycles. The number of amides is 3. The third kappa shape index (κ3) is 3.77. The molecule has 0 saturated carbocycles. The van der Waals surface area contributed by atoms with Crippen molar-refractivity contribution in [1.82, 2.24) is 9.80 Å². The van der Waals surface area contributed by atoms with Crippen LogP contribution in [0.3, 0.4) is 0 Å². The first-order chi connectivity index (χ1) is 12.6. The summed E-state index contributed by atoms with van der Waals surface area (Å²) < 4.78 is 0. The SMILES string of the molecule is O=C(c1ccccc1NC1=CC(=O)N(CCO)C1=O)N1CCCCCC1. The lowest BCUT2D eigenvalue weighted by Crippen LogP contribution is -2.35. The molecule has 3 amide bonds. The first-order valence-corrected chi connectivity index (χ1v) is 8.95. The molecule has 7 heteroatoms. The third-order valence-electron chi connectivity index (χ3n) is 4.65. The average molecular weight is 357 g/mol. The van der Waals surface area contributed by atoms with Crippen LogP contribution in [0.2, 0.25) is 0 Å². The van der Waals surface area contributed by atoms with Crippen LogP contribution in [0.5, 0.6) is 0 Å². The summed E-state index contributed by atoms with van der Waals surface area (Å²) in [4.78, 5) is 39.9. The number of hydrogen-bond acceptors (Lipinski definition) is 5. The lowest BCUT2D eigenvalue weighted by Gasteiger charge is -2.22. The molecule has 0 aromatic heterocycles. The maximum absolute atomic E-state index is 12.9.